The summed E-state index contributed by atoms with van der Waals surface area (Å²) in [5.41, 5.74) is 0.339. The highest BCUT2D eigenvalue weighted by Gasteiger charge is 2.19. The molecule has 0 amide bonds. The number of benzene rings is 1. The molecule has 104 valence electrons. The second-order valence-corrected chi connectivity index (χ2v) is 4.46. The number of aliphatic hydroxyl groups is 1. The van der Waals surface area contributed by atoms with Gasteiger partial charge >= 0.3 is 5.69 Å². The Morgan fingerprint density at radius 1 is 1.45 bits per heavy atom. The van der Waals surface area contributed by atoms with Crippen LogP contribution in [0.25, 0.3) is 0 Å². The predicted molar refractivity (Wildman–Crippen MR) is 73.1 cm³/mol. The zero-order valence-electron chi connectivity index (χ0n) is 10.5. The maximum Gasteiger partial charge on any atom is 0.313 e. The van der Waals surface area contributed by atoms with Crippen molar-refractivity contribution in [1.29, 1.82) is 0 Å². The molecule has 0 aliphatic carbocycles. The molecule has 1 aromatic heterocycles. The van der Waals surface area contributed by atoms with Crippen molar-refractivity contribution in [2.24, 2.45) is 0 Å². The van der Waals surface area contributed by atoms with Crippen LogP contribution in [0.4, 0.5) is 5.69 Å². The molecule has 1 atom stereocenters. The number of aliphatic hydroxyl groups excluding tert-OH is 1. The van der Waals surface area contributed by atoms with Crippen LogP contribution in [0.3, 0.4) is 0 Å². The maximum atomic E-state index is 10.9. The van der Waals surface area contributed by atoms with Crippen molar-refractivity contribution in [1.82, 2.24) is 4.98 Å². The van der Waals surface area contributed by atoms with Crippen LogP contribution in [-0.2, 0) is 0 Å². The van der Waals surface area contributed by atoms with Crippen molar-refractivity contribution in [3.63, 3.8) is 0 Å². The molecule has 2 rings (SSSR count). The quantitative estimate of drug-likeness (QED) is 0.689. The van der Waals surface area contributed by atoms with Gasteiger partial charge in [0.25, 0.3) is 0 Å². The van der Waals surface area contributed by atoms with Crippen LogP contribution in [-0.4, -0.2) is 15.0 Å². The number of rotatable bonds is 4. The highest BCUT2D eigenvalue weighted by atomic mass is 35.5. The lowest BCUT2D eigenvalue weighted by Gasteiger charge is -2.09. The van der Waals surface area contributed by atoms with Crippen LogP contribution in [0.5, 0.6) is 11.6 Å². The SMILES string of the molecule is C[C@@H](O)c1ccnc(Oc2c(Cl)cccc2[N+](=O)[O-])c1. The van der Waals surface area contributed by atoms with Gasteiger partial charge in [-0.05, 0) is 24.6 Å². The van der Waals surface area contributed by atoms with E-state index in [1.165, 1.54) is 30.5 Å². The Morgan fingerprint density at radius 2 is 2.20 bits per heavy atom. The molecule has 2 aromatic rings. The van der Waals surface area contributed by atoms with Crippen molar-refractivity contribution < 1.29 is 14.8 Å². The van der Waals surface area contributed by atoms with Crippen LogP contribution in [0.2, 0.25) is 5.02 Å². The number of para-hydroxylation sites is 1. The molecule has 1 N–H and O–H groups in total. The minimum atomic E-state index is -0.693. The molecule has 1 aromatic carbocycles. The third kappa shape index (κ3) is 3.04. The van der Waals surface area contributed by atoms with Gasteiger partial charge in [-0.3, -0.25) is 10.1 Å². The molecule has 0 unspecified atom stereocenters. The first-order valence-electron chi connectivity index (χ1n) is 5.74. The summed E-state index contributed by atoms with van der Waals surface area (Å²) >= 11 is 5.92. The highest BCUT2D eigenvalue weighted by molar-refractivity contribution is 6.32. The molecule has 0 aliphatic rings. The van der Waals surface area contributed by atoms with Gasteiger partial charge in [0.15, 0.2) is 0 Å². The Morgan fingerprint density at radius 3 is 2.85 bits per heavy atom. The normalized spacial score (nSPS) is 11.9. The average molecular weight is 295 g/mol. The van der Waals surface area contributed by atoms with E-state index in [1.807, 2.05) is 0 Å². The van der Waals surface area contributed by atoms with E-state index in [2.05, 4.69) is 4.98 Å². The van der Waals surface area contributed by atoms with Gasteiger partial charge in [-0.25, -0.2) is 4.98 Å². The first kappa shape index (κ1) is 14.2. The lowest BCUT2D eigenvalue weighted by molar-refractivity contribution is -0.385. The summed E-state index contributed by atoms with van der Waals surface area (Å²) in [6.45, 7) is 1.59. The summed E-state index contributed by atoms with van der Waals surface area (Å²) in [4.78, 5) is 14.3. The van der Waals surface area contributed by atoms with Crippen LogP contribution in [0, 0.1) is 10.1 Å². The van der Waals surface area contributed by atoms with E-state index < -0.39 is 11.0 Å². The Balaban J connectivity index is 2.40. The molecule has 6 nitrogen and oxygen atoms in total. The standard InChI is InChI=1S/C13H11ClN2O4/c1-8(17)9-5-6-15-12(7-9)20-13-10(14)3-2-4-11(13)16(18)19/h2-8,17H,1H3/t8-/m1/s1. The fraction of sp³-hybridized carbons (Fsp3) is 0.154. The third-order valence-electron chi connectivity index (χ3n) is 2.59. The van der Waals surface area contributed by atoms with Gasteiger partial charge in [0.2, 0.25) is 11.6 Å². The monoisotopic (exact) mass is 294 g/mol. The van der Waals surface area contributed by atoms with Crippen molar-refractivity contribution in [2.75, 3.05) is 0 Å². The minimum absolute atomic E-state index is 0.0746. The molecule has 0 aliphatic heterocycles. The Labute approximate surface area is 119 Å². The average Bonchev–Trinajstić information content (AvgIpc) is 2.41. The molecular weight excluding hydrogens is 284 g/mol. The smallest absolute Gasteiger partial charge is 0.313 e. The highest BCUT2D eigenvalue weighted by Crippen LogP contribution is 2.37. The lowest BCUT2D eigenvalue weighted by Crippen LogP contribution is -1.97. The zero-order chi connectivity index (χ0) is 14.7. The third-order valence-corrected chi connectivity index (χ3v) is 2.89. The number of nitrogens with zero attached hydrogens (tertiary/aromatic N) is 2. The van der Waals surface area contributed by atoms with E-state index in [1.54, 1.807) is 13.0 Å². The number of halogens is 1. The molecule has 1 heterocycles. The predicted octanol–water partition coefficient (Wildman–Crippen LogP) is 3.49. The Hall–Kier alpha value is -2.18. The fourth-order valence-electron chi connectivity index (χ4n) is 1.59. The van der Waals surface area contributed by atoms with E-state index in [9.17, 15) is 15.2 Å². The summed E-state index contributed by atoms with van der Waals surface area (Å²) in [6, 6.07) is 7.37. The van der Waals surface area contributed by atoms with Gasteiger partial charge in [0.1, 0.15) is 0 Å². The number of hydrogen-bond donors (Lipinski definition) is 1. The van der Waals surface area contributed by atoms with Crippen LogP contribution in [0.15, 0.2) is 36.5 Å². The molecule has 0 saturated carbocycles. The fourth-order valence-corrected chi connectivity index (χ4v) is 1.80. The minimum Gasteiger partial charge on any atom is -0.430 e. The zero-order valence-corrected chi connectivity index (χ0v) is 11.2. The van der Waals surface area contributed by atoms with Crippen molar-refractivity contribution in [3.8, 4) is 11.6 Å². The first-order valence-corrected chi connectivity index (χ1v) is 6.11. The van der Waals surface area contributed by atoms with E-state index in [4.69, 9.17) is 16.3 Å². The molecule has 0 fully saturated rings. The largest absolute Gasteiger partial charge is 0.430 e. The van der Waals surface area contributed by atoms with Gasteiger partial charge in [-0.1, -0.05) is 17.7 Å². The van der Waals surface area contributed by atoms with Crippen LogP contribution in [0.1, 0.15) is 18.6 Å². The van der Waals surface area contributed by atoms with Crippen LogP contribution >= 0.6 is 11.6 Å². The van der Waals surface area contributed by atoms with Crippen molar-refractivity contribution >= 4 is 17.3 Å². The van der Waals surface area contributed by atoms with Gasteiger partial charge in [-0.2, -0.15) is 0 Å². The lowest BCUT2D eigenvalue weighted by atomic mass is 10.2. The molecule has 0 bridgehead atoms. The Bertz CT molecular complexity index is 646. The summed E-state index contributed by atoms with van der Waals surface area (Å²) < 4.78 is 5.40. The molecule has 20 heavy (non-hydrogen) atoms. The molecule has 7 heteroatoms. The summed E-state index contributed by atoms with van der Waals surface area (Å²) in [6.07, 6.45) is 0.752. The number of hydrogen-bond acceptors (Lipinski definition) is 5. The Kier molecular flexibility index (Phi) is 4.16. The number of pyridine rings is 1. The second kappa shape index (κ2) is 5.85. The topological polar surface area (TPSA) is 85.5 Å². The van der Waals surface area contributed by atoms with E-state index in [0.29, 0.717) is 5.56 Å². The summed E-state index contributed by atoms with van der Waals surface area (Å²) in [5, 5.41) is 20.6. The number of aromatic nitrogens is 1. The van der Waals surface area contributed by atoms with Crippen molar-refractivity contribution in [2.45, 2.75) is 13.0 Å². The maximum absolute atomic E-state index is 10.9. The molecular formula is C13H11ClN2O4. The molecule has 0 spiro atoms. The van der Waals surface area contributed by atoms with E-state index >= 15 is 0 Å². The number of nitro benzene ring substituents is 1. The second-order valence-electron chi connectivity index (χ2n) is 4.05. The molecule has 0 radical (unpaired) electrons. The van der Waals surface area contributed by atoms with Gasteiger partial charge in [0, 0.05) is 18.3 Å². The first-order chi connectivity index (χ1) is 9.49. The summed E-state index contributed by atoms with van der Waals surface area (Å²) in [5.74, 6) is 0.0500. The van der Waals surface area contributed by atoms with Gasteiger partial charge < -0.3 is 9.84 Å². The van der Waals surface area contributed by atoms with E-state index in [-0.39, 0.29) is 22.3 Å². The van der Waals surface area contributed by atoms with Gasteiger partial charge in [0.05, 0.1) is 16.0 Å². The number of ether oxygens (including phenoxy) is 1. The van der Waals surface area contributed by atoms with Gasteiger partial charge in [-0.15, -0.1) is 0 Å². The number of nitro groups is 1. The molecule has 0 saturated heterocycles. The van der Waals surface area contributed by atoms with Crippen LogP contribution < -0.4 is 4.74 Å². The summed E-state index contributed by atoms with van der Waals surface area (Å²) in [7, 11) is 0. The van der Waals surface area contributed by atoms with E-state index in [0.717, 1.165) is 0 Å². The van der Waals surface area contributed by atoms with Crippen molar-refractivity contribution in [3.05, 3.63) is 57.2 Å².